The van der Waals surface area contributed by atoms with Crippen LogP contribution in [0.15, 0.2) is 30.6 Å². The summed E-state index contributed by atoms with van der Waals surface area (Å²) in [5.41, 5.74) is 2.41. The Bertz CT molecular complexity index is 1160. The molecule has 10 heteroatoms. The summed E-state index contributed by atoms with van der Waals surface area (Å²) < 4.78 is 0. The zero-order valence-corrected chi connectivity index (χ0v) is 19.4. The first-order valence-corrected chi connectivity index (χ1v) is 11.9. The Balaban J connectivity index is 1.43. The zero-order valence-electron chi connectivity index (χ0n) is 19.4. The molecule has 5 rings (SSSR count). The van der Waals surface area contributed by atoms with Crippen molar-refractivity contribution < 1.29 is 9.90 Å². The molecule has 0 aliphatic carbocycles. The molecular formula is C24H30N8O2. The summed E-state index contributed by atoms with van der Waals surface area (Å²) in [6, 6.07) is 5.67. The van der Waals surface area contributed by atoms with E-state index in [9.17, 15) is 9.90 Å². The summed E-state index contributed by atoms with van der Waals surface area (Å²) >= 11 is 0. The Morgan fingerprint density at radius 1 is 1.12 bits per heavy atom. The fraction of sp³-hybridized carbons (Fsp3) is 0.458. The molecule has 0 bridgehead atoms. The molecule has 2 aliphatic rings. The number of nitrogens with zero attached hydrogens (tertiary/aromatic N) is 6. The molecule has 5 heterocycles. The first kappa shape index (κ1) is 22.4. The highest BCUT2D eigenvalue weighted by molar-refractivity contribution is 5.95. The van der Waals surface area contributed by atoms with Gasteiger partial charge in [0.2, 0.25) is 11.9 Å². The van der Waals surface area contributed by atoms with E-state index in [0.29, 0.717) is 24.9 Å². The maximum Gasteiger partial charge on any atom is 0.241 e. The number of anilines is 4. The number of pyridine rings is 2. The van der Waals surface area contributed by atoms with Crippen molar-refractivity contribution in [2.75, 3.05) is 54.4 Å². The van der Waals surface area contributed by atoms with Gasteiger partial charge in [0.15, 0.2) is 5.82 Å². The van der Waals surface area contributed by atoms with Gasteiger partial charge in [-0.1, -0.05) is 6.92 Å². The van der Waals surface area contributed by atoms with Crippen LogP contribution in [-0.4, -0.2) is 70.3 Å². The number of aliphatic hydroxyl groups is 1. The van der Waals surface area contributed by atoms with Crippen molar-refractivity contribution >= 4 is 40.1 Å². The van der Waals surface area contributed by atoms with Crippen LogP contribution in [0, 0.1) is 0 Å². The fourth-order valence-electron chi connectivity index (χ4n) is 4.39. The van der Waals surface area contributed by atoms with Gasteiger partial charge in [-0.3, -0.25) is 4.79 Å². The molecule has 3 N–H and O–H groups in total. The predicted octanol–water partition coefficient (Wildman–Crippen LogP) is 2.19. The molecule has 2 fully saturated rings. The standard InChI is InChI=1S/C24H30N8O2/c1-16(15-33)19-11-17-12-27-24(30-22(17)23(28-19)31-8-3-2-4-9-31)29-20-6-5-18(13-26-20)32-10-7-25-14-21(32)34/h5-6,11-13,16,25,33H,2-4,7-10,14-15H2,1H3,(H,26,27,29,30)/t16-/m1/s1. The van der Waals surface area contributed by atoms with Crippen LogP contribution in [0.2, 0.25) is 0 Å². The average molecular weight is 463 g/mol. The molecule has 0 saturated carbocycles. The van der Waals surface area contributed by atoms with Gasteiger partial charge in [0.05, 0.1) is 25.0 Å². The second kappa shape index (κ2) is 9.86. The van der Waals surface area contributed by atoms with E-state index in [-0.39, 0.29) is 18.4 Å². The number of hydrogen-bond acceptors (Lipinski definition) is 9. The summed E-state index contributed by atoms with van der Waals surface area (Å²) in [4.78, 5) is 34.8. The van der Waals surface area contributed by atoms with Gasteiger partial charge in [0.25, 0.3) is 0 Å². The minimum atomic E-state index is -0.0592. The van der Waals surface area contributed by atoms with Crippen LogP contribution >= 0.6 is 0 Å². The number of fused-ring (bicyclic) bond motifs is 1. The smallest absolute Gasteiger partial charge is 0.241 e. The number of hydrogen-bond donors (Lipinski definition) is 3. The summed E-state index contributed by atoms with van der Waals surface area (Å²) in [7, 11) is 0. The number of aromatic nitrogens is 4. The summed E-state index contributed by atoms with van der Waals surface area (Å²) in [5.74, 6) is 1.87. The van der Waals surface area contributed by atoms with Gasteiger partial charge in [-0.15, -0.1) is 0 Å². The molecule has 0 spiro atoms. The number of carbonyl (C=O) groups is 1. The number of aliphatic hydroxyl groups excluding tert-OH is 1. The number of piperazine rings is 1. The third-order valence-electron chi connectivity index (χ3n) is 6.39. The van der Waals surface area contributed by atoms with Crippen LogP contribution in [0.25, 0.3) is 10.9 Å². The maximum absolute atomic E-state index is 12.1. The Hall–Kier alpha value is -3.37. The molecule has 3 aromatic heterocycles. The maximum atomic E-state index is 12.1. The second-order valence-corrected chi connectivity index (χ2v) is 8.88. The topological polar surface area (TPSA) is 119 Å². The van der Waals surface area contributed by atoms with Crippen LogP contribution < -0.4 is 20.4 Å². The first-order chi connectivity index (χ1) is 16.6. The minimum Gasteiger partial charge on any atom is -0.396 e. The van der Waals surface area contributed by atoms with Crippen molar-refractivity contribution in [1.29, 1.82) is 0 Å². The van der Waals surface area contributed by atoms with Gasteiger partial charge >= 0.3 is 0 Å². The van der Waals surface area contributed by atoms with Crippen molar-refractivity contribution in [3.63, 3.8) is 0 Å². The molecule has 1 atom stereocenters. The zero-order chi connectivity index (χ0) is 23.5. The quantitative estimate of drug-likeness (QED) is 0.506. The number of piperidine rings is 1. The van der Waals surface area contributed by atoms with Crippen LogP contribution in [0.4, 0.5) is 23.3 Å². The first-order valence-electron chi connectivity index (χ1n) is 11.9. The van der Waals surface area contributed by atoms with Crippen molar-refractivity contribution in [2.24, 2.45) is 0 Å². The van der Waals surface area contributed by atoms with Crippen molar-refractivity contribution in [1.82, 2.24) is 25.3 Å². The highest BCUT2D eigenvalue weighted by atomic mass is 16.3. The Kier molecular flexibility index (Phi) is 6.50. The predicted molar refractivity (Wildman–Crippen MR) is 132 cm³/mol. The van der Waals surface area contributed by atoms with Gasteiger partial charge < -0.3 is 25.5 Å². The molecule has 2 saturated heterocycles. The van der Waals surface area contributed by atoms with E-state index in [4.69, 9.17) is 9.97 Å². The van der Waals surface area contributed by atoms with Crippen LogP contribution in [0.5, 0.6) is 0 Å². The molecule has 0 aromatic carbocycles. The third-order valence-corrected chi connectivity index (χ3v) is 6.39. The molecule has 2 aliphatic heterocycles. The summed E-state index contributed by atoms with van der Waals surface area (Å²) in [6.45, 7) is 5.64. The highest BCUT2D eigenvalue weighted by Crippen LogP contribution is 2.30. The van der Waals surface area contributed by atoms with E-state index < -0.39 is 0 Å². The van der Waals surface area contributed by atoms with Gasteiger partial charge in [-0.25, -0.2) is 19.9 Å². The fourth-order valence-corrected chi connectivity index (χ4v) is 4.39. The van der Waals surface area contributed by atoms with Crippen LogP contribution in [-0.2, 0) is 4.79 Å². The van der Waals surface area contributed by atoms with E-state index in [1.807, 2.05) is 25.1 Å². The van der Waals surface area contributed by atoms with Crippen molar-refractivity contribution in [3.05, 3.63) is 36.3 Å². The average Bonchev–Trinajstić information content (AvgIpc) is 2.89. The molecule has 10 nitrogen and oxygen atoms in total. The highest BCUT2D eigenvalue weighted by Gasteiger charge is 2.21. The number of carbonyl (C=O) groups excluding carboxylic acids is 1. The van der Waals surface area contributed by atoms with Crippen molar-refractivity contribution in [2.45, 2.75) is 32.1 Å². The van der Waals surface area contributed by atoms with E-state index in [0.717, 1.165) is 60.6 Å². The lowest BCUT2D eigenvalue weighted by Crippen LogP contribution is -2.48. The Morgan fingerprint density at radius 2 is 1.97 bits per heavy atom. The number of amides is 1. The second-order valence-electron chi connectivity index (χ2n) is 8.88. The largest absolute Gasteiger partial charge is 0.396 e. The van der Waals surface area contributed by atoms with E-state index in [1.165, 1.54) is 6.42 Å². The normalized spacial score (nSPS) is 17.8. The molecule has 0 unspecified atom stereocenters. The molecule has 0 radical (unpaired) electrons. The van der Waals surface area contributed by atoms with Crippen LogP contribution in [0.1, 0.15) is 37.8 Å². The van der Waals surface area contributed by atoms with Gasteiger partial charge in [0.1, 0.15) is 11.3 Å². The Labute approximate surface area is 198 Å². The summed E-state index contributed by atoms with van der Waals surface area (Å²) in [6.07, 6.45) is 6.97. The van der Waals surface area contributed by atoms with E-state index in [1.54, 1.807) is 17.3 Å². The molecule has 1 amide bonds. The Morgan fingerprint density at radius 3 is 2.71 bits per heavy atom. The van der Waals surface area contributed by atoms with Crippen LogP contribution in [0.3, 0.4) is 0 Å². The van der Waals surface area contributed by atoms with E-state index >= 15 is 0 Å². The monoisotopic (exact) mass is 462 g/mol. The van der Waals surface area contributed by atoms with Gasteiger partial charge in [-0.2, -0.15) is 0 Å². The molecule has 178 valence electrons. The SMILES string of the molecule is C[C@H](CO)c1cc2cnc(Nc3ccc(N4CCNCC4=O)cn3)nc2c(N2CCCCC2)n1. The van der Waals surface area contributed by atoms with E-state index in [2.05, 4.69) is 25.5 Å². The van der Waals surface area contributed by atoms with Gasteiger partial charge in [0, 0.05) is 49.4 Å². The lowest BCUT2D eigenvalue weighted by Gasteiger charge is -2.29. The summed E-state index contributed by atoms with van der Waals surface area (Å²) in [5, 5.41) is 16.8. The van der Waals surface area contributed by atoms with Gasteiger partial charge in [-0.05, 0) is 37.5 Å². The third kappa shape index (κ3) is 4.64. The molecule has 3 aromatic rings. The minimum absolute atomic E-state index is 0.0410. The number of rotatable bonds is 6. The van der Waals surface area contributed by atoms with Crippen molar-refractivity contribution in [3.8, 4) is 0 Å². The molecule has 34 heavy (non-hydrogen) atoms. The lowest BCUT2D eigenvalue weighted by atomic mass is 10.1. The lowest BCUT2D eigenvalue weighted by molar-refractivity contribution is -0.118. The molecular weight excluding hydrogens is 432 g/mol. The number of nitrogens with one attached hydrogen (secondary N) is 2.